The van der Waals surface area contributed by atoms with Crippen molar-refractivity contribution in [2.45, 2.75) is 199 Å². The van der Waals surface area contributed by atoms with Crippen molar-refractivity contribution < 1.29 is 24.2 Å². The quantitative estimate of drug-likeness (QED) is 0.0340. The first-order chi connectivity index (χ1) is 24.4. The zero-order chi connectivity index (χ0) is 36.8. The van der Waals surface area contributed by atoms with Gasteiger partial charge in [0.15, 0.2) is 0 Å². The van der Waals surface area contributed by atoms with Gasteiger partial charge < -0.3 is 20.9 Å². The van der Waals surface area contributed by atoms with Gasteiger partial charge in [-0.3, -0.25) is 9.59 Å². The number of nitrogens with two attached hydrogens (primary N) is 1. The summed E-state index contributed by atoms with van der Waals surface area (Å²) < 4.78 is 5.98. The van der Waals surface area contributed by atoms with E-state index in [9.17, 15) is 19.5 Å². The first kappa shape index (κ1) is 47.3. The van der Waals surface area contributed by atoms with E-state index in [2.05, 4.69) is 67.8 Å². The third-order valence-corrected chi connectivity index (χ3v) is 8.92. The van der Waals surface area contributed by atoms with Gasteiger partial charge in [-0.25, -0.2) is 4.79 Å². The number of amides is 1. The van der Waals surface area contributed by atoms with Crippen LogP contribution in [-0.2, 0) is 19.1 Å². The number of allylic oxidation sites excluding steroid dienone is 8. The molecule has 0 heterocycles. The van der Waals surface area contributed by atoms with E-state index in [0.717, 1.165) is 89.9 Å². The number of hydrogen-bond donors (Lipinski definition) is 3. The van der Waals surface area contributed by atoms with Crippen LogP contribution in [0, 0.1) is 0 Å². The van der Waals surface area contributed by atoms with Gasteiger partial charge >= 0.3 is 11.9 Å². The lowest BCUT2D eigenvalue weighted by Gasteiger charge is -2.17. The van der Waals surface area contributed by atoms with E-state index in [1.165, 1.54) is 57.8 Å². The summed E-state index contributed by atoms with van der Waals surface area (Å²) in [5.74, 6) is -1.29. The van der Waals surface area contributed by atoms with Crippen LogP contribution in [0.1, 0.15) is 187 Å². The van der Waals surface area contributed by atoms with Crippen LogP contribution in [0.4, 0.5) is 0 Å². The molecule has 7 heteroatoms. The van der Waals surface area contributed by atoms with Crippen LogP contribution in [0.5, 0.6) is 0 Å². The normalized spacial score (nSPS) is 13.2. The molecule has 1 amide bonds. The Morgan fingerprint density at radius 1 is 0.600 bits per heavy atom. The van der Waals surface area contributed by atoms with Gasteiger partial charge in [0.1, 0.15) is 12.1 Å². The van der Waals surface area contributed by atoms with Gasteiger partial charge in [0.25, 0.3) is 0 Å². The fraction of sp³-hybridized carbons (Fsp3) is 0.744. The molecule has 0 aromatic rings. The Morgan fingerprint density at radius 3 is 1.64 bits per heavy atom. The van der Waals surface area contributed by atoms with Gasteiger partial charge in [-0.1, -0.05) is 146 Å². The maximum Gasteiger partial charge on any atom is 0.326 e. The summed E-state index contributed by atoms with van der Waals surface area (Å²) in [6, 6.07) is -0.864. The molecule has 0 radical (unpaired) electrons. The largest absolute Gasteiger partial charge is 0.480 e. The van der Waals surface area contributed by atoms with Crippen LogP contribution in [0.15, 0.2) is 48.6 Å². The lowest BCUT2D eigenvalue weighted by atomic mass is 10.0. The Kier molecular flexibility index (Phi) is 35.6. The Labute approximate surface area is 307 Å². The molecule has 0 saturated carbocycles. The van der Waals surface area contributed by atoms with E-state index in [1.54, 1.807) is 0 Å². The molecular formula is C43H76N2O5. The van der Waals surface area contributed by atoms with Crippen molar-refractivity contribution in [3.05, 3.63) is 48.6 Å². The minimum atomic E-state index is -1.01. The Morgan fingerprint density at radius 2 is 1.10 bits per heavy atom. The highest BCUT2D eigenvalue weighted by Crippen LogP contribution is 2.17. The van der Waals surface area contributed by atoms with Gasteiger partial charge in [-0.15, -0.1) is 0 Å². The molecule has 288 valence electrons. The van der Waals surface area contributed by atoms with Crippen LogP contribution >= 0.6 is 0 Å². The summed E-state index contributed by atoms with van der Waals surface area (Å²) in [5, 5.41) is 11.9. The topological polar surface area (TPSA) is 119 Å². The fourth-order valence-corrected chi connectivity index (χ4v) is 5.85. The molecule has 0 rings (SSSR count). The highest BCUT2D eigenvalue weighted by molar-refractivity contribution is 5.83. The number of carbonyl (C=O) groups excluding carboxylic acids is 2. The Balaban J connectivity index is 4.46. The molecule has 0 aromatic carbocycles. The van der Waals surface area contributed by atoms with E-state index in [-0.39, 0.29) is 18.0 Å². The zero-order valence-electron chi connectivity index (χ0n) is 32.2. The average Bonchev–Trinajstić information content (AvgIpc) is 3.10. The van der Waals surface area contributed by atoms with Crippen molar-refractivity contribution in [3.63, 3.8) is 0 Å². The number of ether oxygens (including phenoxy) is 1. The molecule has 0 saturated heterocycles. The van der Waals surface area contributed by atoms with Crippen molar-refractivity contribution in [1.82, 2.24) is 5.32 Å². The Hall–Kier alpha value is -2.67. The highest BCUT2D eigenvalue weighted by Gasteiger charge is 2.19. The first-order valence-electron chi connectivity index (χ1n) is 20.5. The molecule has 0 aliphatic heterocycles. The van der Waals surface area contributed by atoms with Gasteiger partial charge in [0, 0.05) is 12.8 Å². The zero-order valence-corrected chi connectivity index (χ0v) is 32.2. The maximum absolute atomic E-state index is 12.7. The van der Waals surface area contributed by atoms with Crippen molar-refractivity contribution in [2.75, 3.05) is 6.54 Å². The minimum absolute atomic E-state index is 0.0606. The summed E-state index contributed by atoms with van der Waals surface area (Å²) in [4.78, 5) is 36.3. The fourth-order valence-electron chi connectivity index (χ4n) is 5.85. The number of rotatable bonds is 36. The highest BCUT2D eigenvalue weighted by atomic mass is 16.5. The van der Waals surface area contributed by atoms with E-state index in [1.807, 2.05) is 0 Å². The SMILES string of the molecule is CC/C=C\C/C=C\C/C=C\C/C=C\CCC(CCCCCCCC(=O)NC(CCCN)C(=O)O)OC(=O)CCCCCCCCCCCCC. The van der Waals surface area contributed by atoms with E-state index >= 15 is 0 Å². The molecule has 50 heavy (non-hydrogen) atoms. The molecule has 2 atom stereocenters. The molecule has 0 aromatic heterocycles. The number of aliphatic carboxylic acids is 1. The lowest BCUT2D eigenvalue weighted by molar-refractivity contribution is -0.150. The number of esters is 1. The maximum atomic E-state index is 12.7. The second kappa shape index (κ2) is 37.6. The van der Waals surface area contributed by atoms with Crippen LogP contribution in [0.3, 0.4) is 0 Å². The number of carbonyl (C=O) groups is 3. The molecule has 0 spiro atoms. The second-order valence-electron chi connectivity index (χ2n) is 13.7. The number of nitrogens with one attached hydrogen (secondary N) is 1. The van der Waals surface area contributed by atoms with E-state index in [0.29, 0.717) is 32.2 Å². The van der Waals surface area contributed by atoms with Gasteiger partial charge in [0.05, 0.1) is 0 Å². The van der Waals surface area contributed by atoms with Crippen molar-refractivity contribution in [2.24, 2.45) is 5.73 Å². The smallest absolute Gasteiger partial charge is 0.326 e. The van der Waals surface area contributed by atoms with Crippen LogP contribution < -0.4 is 11.1 Å². The number of unbranched alkanes of at least 4 members (excludes halogenated alkanes) is 14. The standard InChI is InChI=1S/C43H76N2O5/c1-3-5-7-9-11-13-15-16-18-19-21-24-28-33-39(50-42(47)37-31-27-22-20-17-14-12-10-8-6-4-2)34-29-25-23-26-30-36-41(46)45-40(43(48)49)35-32-38-44/h5,7,11,13,16,18,21,24,39-40H,3-4,6,8-10,12,14-15,17,19-20,22-23,25-38,44H2,1-2H3,(H,45,46)(H,48,49)/b7-5-,13-11-,18-16-,24-21-. The predicted molar refractivity (Wildman–Crippen MR) is 211 cm³/mol. The molecule has 4 N–H and O–H groups in total. The molecule has 0 aliphatic carbocycles. The van der Waals surface area contributed by atoms with Gasteiger partial charge in [0.2, 0.25) is 5.91 Å². The van der Waals surface area contributed by atoms with Gasteiger partial charge in [-0.05, 0) is 83.6 Å². The Bertz CT molecular complexity index is 926. The third kappa shape index (κ3) is 33.8. The first-order valence-corrected chi connectivity index (χ1v) is 20.5. The van der Waals surface area contributed by atoms with Gasteiger partial charge in [-0.2, -0.15) is 0 Å². The number of carboxylic acid groups (broad SMARTS) is 1. The third-order valence-electron chi connectivity index (χ3n) is 8.92. The summed E-state index contributed by atoms with van der Waals surface area (Å²) in [7, 11) is 0. The number of carboxylic acids is 1. The molecule has 0 aliphatic rings. The molecule has 2 unspecified atom stereocenters. The second-order valence-corrected chi connectivity index (χ2v) is 13.7. The van der Waals surface area contributed by atoms with Crippen LogP contribution in [-0.4, -0.2) is 41.6 Å². The predicted octanol–water partition coefficient (Wildman–Crippen LogP) is 11.2. The van der Waals surface area contributed by atoms with Crippen molar-refractivity contribution >= 4 is 17.8 Å². The molecule has 0 bridgehead atoms. The van der Waals surface area contributed by atoms with Crippen molar-refractivity contribution in [3.8, 4) is 0 Å². The van der Waals surface area contributed by atoms with E-state index < -0.39 is 12.0 Å². The number of hydrogen-bond acceptors (Lipinski definition) is 5. The molecular weight excluding hydrogens is 624 g/mol. The van der Waals surface area contributed by atoms with Crippen LogP contribution in [0.2, 0.25) is 0 Å². The average molecular weight is 701 g/mol. The summed E-state index contributed by atoms with van der Waals surface area (Å²) in [5.41, 5.74) is 5.47. The summed E-state index contributed by atoms with van der Waals surface area (Å²) in [6.45, 7) is 4.81. The minimum Gasteiger partial charge on any atom is -0.480 e. The van der Waals surface area contributed by atoms with Crippen molar-refractivity contribution in [1.29, 1.82) is 0 Å². The lowest BCUT2D eigenvalue weighted by Crippen LogP contribution is -2.40. The van der Waals surface area contributed by atoms with Crippen LogP contribution in [0.25, 0.3) is 0 Å². The summed E-state index contributed by atoms with van der Waals surface area (Å²) in [6.07, 6.45) is 44.4. The molecule has 7 nitrogen and oxygen atoms in total. The summed E-state index contributed by atoms with van der Waals surface area (Å²) >= 11 is 0. The molecule has 0 fully saturated rings. The monoisotopic (exact) mass is 701 g/mol. The van der Waals surface area contributed by atoms with E-state index in [4.69, 9.17) is 10.5 Å².